The predicted molar refractivity (Wildman–Crippen MR) is 90.1 cm³/mol. The van der Waals surface area contributed by atoms with E-state index in [1.54, 1.807) is 30.3 Å². The highest BCUT2D eigenvalue weighted by Gasteiger charge is 2.37. The summed E-state index contributed by atoms with van der Waals surface area (Å²) in [4.78, 5) is 12.6. The fraction of sp³-hybridized carbons (Fsp3) is 0.316. The molecule has 2 aromatic rings. The highest BCUT2D eigenvalue weighted by atomic mass is 19.4. The van der Waals surface area contributed by atoms with Gasteiger partial charge in [0.25, 0.3) is 0 Å². The molecule has 2 N–H and O–H groups in total. The van der Waals surface area contributed by atoms with Gasteiger partial charge in [0.2, 0.25) is 0 Å². The highest BCUT2D eigenvalue weighted by Crippen LogP contribution is 2.39. The normalized spacial score (nSPS) is 16.8. The van der Waals surface area contributed by atoms with Crippen LogP contribution >= 0.6 is 0 Å². The van der Waals surface area contributed by atoms with Gasteiger partial charge >= 0.3 is 12.3 Å². The fourth-order valence-electron chi connectivity index (χ4n) is 3.30. The lowest BCUT2D eigenvalue weighted by atomic mass is 9.86. The largest absolute Gasteiger partial charge is 0.465 e. The SMILES string of the molecule is O=C(O)N(Cc1ccccc1)c1cc2c(c(C(F)(F)F)c1)CCC(O)C2. The van der Waals surface area contributed by atoms with Gasteiger partial charge in [-0.2, -0.15) is 13.2 Å². The number of benzene rings is 2. The molecular weight excluding hydrogens is 347 g/mol. The summed E-state index contributed by atoms with van der Waals surface area (Å²) in [5.41, 5.74) is 0.309. The third-order valence-electron chi connectivity index (χ3n) is 4.54. The Labute approximate surface area is 148 Å². The first-order chi connectivity index (χ1) is 12.3. The second-order valence-electron chi connectivity index (χ2n) is 6.38. The van der Waals surface area contributed by atoms with Crippen LogP contribution in [0.25, 0.3) is 0 Å². The Kier molecular flexibility index (Phi) is 4.91. The second-order valence-corrected chi connectivity index (χ2v) is 6.38. The standard InChI is InChI=1S/C19H18F3NO3/c20-19(21,22)17-10-14(8-13-9-15(24)6-7-16(13)17)23(18(25)26)11-12-4-2-1-3-5-12/h1-5,8,10,15,24H,6-7,9,11H2,(H,25,26). The summed E-state index contributed by atoms with van der Waals surface area (Å²) in [5, 5.41) is 19.3. The van der Waals surface area contributed by atoms with Crippen molar-refractivity contribution in [3.63, 3.8) is 0 Å². The number of aliphatic hydroxyl groups excluding tert-OH is 1. The van der Waals surface area contributed by atoms with Gasteiger partial charge in [0.1, 0.15) is 0 Å². The number of carbonyl (C=O) groups is 1. The lowest BCUT2D eigenvalue weighted by molar-refractivity contribution is -0.138. The van der Waals surface area contributed by atoms with Gasteiger partial charge in [0.15, 0.2) is 0 Å². The summed E-state index contributed by atoms with van der Waals surface area (Å²) in [7, 11) is 0. The molecule has 0 aliphatic heterocycles. The summed E-state index contributed by atoms with van der Waals surface area (Å²) < 4.78 is 40.5. The topological polar surface area (TPSA) is 60.8 Å². The Balaban J connectivity index is 2.07. The van der Waals surface area contributed by atoms with E-state index in [0.717, 1.165) is 11.0 Å². The zero-order valence-electron chi connectivity index (χ0n) is 13.8. The van der Waals surface area contributed by atoms with Crippen molar-refractivity contribution < 1.29 is 28.2 Å². The van der Waals surface area contributed by atoms with Gasteiger partial charge in [-0.05, 0) is 48.1 Å². The van der Waals surface area contributed by atoms with E-state index in [1.165, 1.54) is 6.07 Å². The lowest BCUT2D eigenvalue weighted by Crippen LogP contribution is -2.30. The molecule has 1 aliphatic carbocycles. The summed E-state index contributed by atoms with van der Waals surface area (Å²) in [6, 6.07) is 11.0. The Hall–Kier alpha value is -2.54. The molecule has 0 heterocycles. The predicted octanol–water partition coefficient (Wildman–Crippen LogP) is 4.24. The maximum Gasteiger partial charge on any atom is 0.416 e. The number of amides is 1. The van der Waals surface area contributed by atoms with Crippen LogP contribution in [0.5, 0.6) is 0 Å². The number of nitrogens with zero attached hydrogens (tertiary/aromatic N) is 1. The molecule has 0 fully saturated rings. The third kappa shape index (κ3) is 3.83. The van der Waals surface area contributed by atoms with Crippen molar-refractivity contribution in [2.24, 2.45) is 0 Å². The number of rotatable bonds is 3. The third-order valence-corrected chi connectivity index (χ3v) is 4.54. The van der Waals surface area contributed by atoms with Gasteiger partial charge in [0, 0.05) is 5.69 Å². The van der Waals surface area contributed by atoms with Crippen molar-refractivity contribution in [2.75, 3.05) is 4.90 Å². The van der Waals surface area contributed by atoms with Crippen molar-refractivity contribution in [1.29, 1.82) is 0 Å². The van der Waals surface area contributed by atoms with Crippen LogP contribution in [0.2, 0.25) is 0 Å². The van der Waals surface area contributed by atoms with Crippen LogP contribution in [0.15, 0.2) is 42.5 Å². The molecular formula is C19H18F3NO3. The molecule has 0 aromatic heterocycles. The molecule has 2 aromatic carbocycles. The molecule has 7 heteroatoms. The van der Waals surface area contributed by atoms with E-state index in [0.29, 0.717) is 11.1 Å². The number of hydrogen-bond acceptors (Lipinski definition) is 2. The monoisotopic (exact) mass is 365 g/mol. The Morgan fingerprint density at radius 1 is 1.19 bits per heavy atom. The van der Waals surface area contributed by atoms with Crippen molar-refractivity contribution in [2.45, 2.75) is 38.1 Å². The zero-order chi connectivity index (χ0) is 18.9. The first-order valence-electron chi connectivity index (χ1n) is 8.21. The van der Waals surface area contributed by atoms with Gasteiger partial charge in [-0.3, -0.25) is 4.90 Å². The van der Waals surface area contributed by atoms with Crippen molar-refractivity contribution in [1.82, 2.24) is 0 Å². The van der Waals surface area contributed by atoms with E-state index in [1.807, 2.05) is 0 Å². The second kappa shape index (κ2) is 6.99. The van der Waals surface area contributed by atoms with Crippen LogP contribution in [-0.2, 0) is 25.6 Å². The van der Waals surface area contributed by atoms with Gasteiger partial charge in [0.05, 0.1) is 18.2 Å². The van der Waals surface area contributed by atoms with Gasteiger partial charge in [-0.1, -0.05) is 30.3 Å². The summed E-state index contributed by atoms with van der Waals surface area (Å²) in [6.45, 7) is -0.0607. The molecule has 1 atom stereocenters. The van der Waals surface area contributed by atoms with Gasteiger partial charge in [-0.25, -0.2) is 4.79 Å². The first kappa shape index (κ1) is 18.3. The van der Waals surface area contributed by atoms with Crippen molar-refractivity contribution in [3.05, 3.63) is 64.7 Å². The van der Waals surface area contributed by atoms with Gasteiger partial charge in [-0.15, -0.1) is 0 Å². The van der Waals surface area contributed by atoms with Crippen molar-refractivity contribution >= 4 is 11.8 Å². The summed E-state index contributed by atoms with van der Waals surface area (Å²) >= 11 is 0. The minimum absolute atomic E-state index is 0.0403. The molecule has 26 heavy (non-hydrogen) atoms. The average molecular weight is 365 g/mol. The van der Waals surface area contributed by atoms with E-state index < -0.39 is 23.9 Å². The van der Waals surface area contributed by atoms with Crippen LogP contribution in [0, 0.1) is 0 Å². The molecule has 0 radical (unpaired) electrons. The van der Waals surface area contributed by atoms with Crippen LogP contribution in [0.1, 0.15) is 28.7 Å². The Morgan fingerprint density at radius 2 is 1.88 bits per heavy atom. The smallest absolute Gasteiger partial charge is 0.416 e. The number of halogens is 3. The molecule has 0 saturated heterocycles. The van der Waals surface area contributed by atoms with Gasteiger partial charge < -0.3 is 10.2 Å². The Bertz CT molecular complexity index is 806. The maximum absolute atomic E-state index is 13.5. The highest BCUT2D eigenvalue weighted by molar-refractivity contribution is 5.86. The van der Waals surface area contributed by atoms with E-state index >= 15 is 0 Å². The molecule has 3 rings (SSSR count). The maximum atomic E-state index is 13.5. The van der Waals surface area contributed by atoms with E-state index in [2.05, 4.69) is 0 Å². The van der Waals surface area contributed by atoms with E-state index in [9.17, 15) is 28.2 Å². The molecule has 138 valence electrons. The molecule has 0 spiro atoms. The molecule has 1 unspecified atom stereocenters. The van der Waals surface area contributed by atoms with Crippen LogP contribution < -0.4 is 4.90 Å². The van der Waals surface area contributed by atoms with Crippen LogP contribution in [-0.4, -0.2) is 22.4 Å². The first-order valence-corrected chi connectivity index (χ1v) is 8.21. The van der Waals surface area contributed by atoms with E-state index in [-0.39, 0.29) is 37.1 Å². The molecule has 4 nitrogen and oxygen atoms in total. The van der Waals surface area contributed by atoms with Crippen molar-refractivity contribution in [3.8, 4) is 0 Å². The molecule has 1 amide bonds. The lowest BCUT2D eigenvalue weighted by Gasteiger charge is -2.28. The quantitative estimate of drug-likeness (QED) is 0.855. The number of aliphatic hydroxyl groups is 1. The number of carboxylic acid groups (broad SMARTS) is 1. The number of hydrogen-bond donors (Lipinski definition) is 2. The molecule has 0 saturated carbocycles. The number of fused-ring (bicyclic) bond motifs is 1. The van der Waals surface area contributed by atoms with Crippen LogP contribution in [0.3, 0.4) is 0 Å². The number of alkyl halides is 3. The molecule has 0 bridgehead atoms. The minimum atomic E-state index is -4.58. The molecule has 1 aliphatic rings. The minimum Gasteiger partial charge on any atom is -0.465 e. The zero-order valence-corrected chi connectivity index (χ0v) is 13.8. The fourth-order valence-corrected chi connectivity index (χ4v) is 3.30. The summed E-state index contributed by atoms with van der Waals surface area (Å²) in [5.74, 6) is 0. The summed E-state index contributed by atoms with van der Waals surface area (Å²) in [6.07, 6.45) is -6.16. The van der Waals surface area contributed by atoms with Crippen LogP contribution in [0.4, 0.5) is 23.7 Å². The Morgan fingerprint density at radius 3 is 2.50 bits per heavy atom. The number of anilines is 1. The average Bonchev–Trinajstić information content (AvgIpc) is 2.58. The van der Waals surface area contributed by atoms with E-state index in [4.69, 9.17) is 0 Å².